The Morgan fingerprint density at radius 1 is 1.30 bits per heavy atom. The summed E-state index contributed by atoms with van der Waals surface area (Å²) in [5, 5.41) is 0. The van der Waals surface area contributed by atoms with E-state index in [1.165, 1.54) is 4.40 Å². The average molecular weight is 372 g/mol. The van der Waals surface area contributed by atoms with Crippen LogP contribution in [0.2, 0.25) is 0 Å². The normalized spacial score (nSPS) is 23.4. The van der Waals surface area contributed by atoms with Gasteiger partial charge < -0.3 is 9.80 Å². The van der Waals surface area contributed by atoms with E-state index in [2.05, 4.69) is 4.98 Å². The number of pyridine rings is 1. The molecule has 2 saturated heterocycles. The zero-order valence-electron chi connectivity index (χ0n) is 15.9. The maximum Gasteiger partial charge on any atom is 0.277 e. The van der Waals surface area contributed by atoms with Gasteiger partial charge in [0.1, 0.15) is 5.65 Å². The lowest BCUT2D eigenvalue weighted by Gasteiger charge is -2.48. The van der Waals surface area contributed by atoms with Gasteiger partial charge in [0, 0.05) is 44.2 Å². The van der Waals surface area contributed by atoms with E-state index in [0.717, 1.165) is 24.8 Å². The zero-order valence-corrected chi connectivity index (χ0v) is 15.9. The predicted molar refractivity (Wildman–Crippen MR) is 98.9 cm³/mol. The Morgan fingerprint density at radius 3 is 2.89 bits per heavy atom. The van der Waals surface area contributed by atoms with Gasteiger partial charge >= 0.3 is 0 Å². The van der Waals surface area contributed by atoms with E-state index >= 15 is 0 Å². The quantitative estimate of drug-likeness (QED) is 0.814. The molecule has 2 amide bonds. The van der Waals surface area contributed by atoms with Crippen LogP contribution in [-0.4, -0.2) is 57.2 Å². The number of hydrogen-bond acceptors (Lipinski definition) is 3. The summed E-state index contributed by atoms with van der Waals surface area (Å²) in [4.78, 5) is 32.9. The number of fused-ring (bicyclic) bond motifs is 1. The number of likely N-dealkylation sites (tertiary alicyclic amines) is 2. The van der Waals surface area contributed by atoms with Gasteiger partial charge in [0.2, 0.25) is 11.9 Å². The molecule has 0 aromatic carbocycles. The van der Waals surface area contributed by atoms with Gasteiger partial charge in [-0.2, -0.15) is 4.39 Å². The van der Waals surface area contributed by atoms with Crippen LogP contribution in [0.25, 0.3) is 5.65 Å². The Bertz CT molecular complexity index is 909. The van der Waals surface area contributed by atoms with Gasteiger partial charge in [0.25, 0.3) is 5.91 Å². The van der Waals surface area contributed by atoms with Crippen molar-refractivity contribution in [1.29, 1.82) is 0 Å². The molecular weight excluding hydrogens is 347 g/mol. The van der Waals surface area contributed by atoms with Gasteiger partial charge in [-0.05, 0) is 44.7 Å². The minimum absolute atomic E-state index is 0.0793. The number of piperidine rings is 2. The molecule has 2 aliphatic heterocycles. The number of nitrogens with zero attached hydrogens (tertiary/aromatic N) is 4. The third-order valence-corrected chi connectivity index (χ3v) is 5.99. The molecule has 2 aliphatic rings. The largest absolute Gasteiger partial charge is 0.342 e. The molecule has 0 bridgehead atoms. The topological polar surface area (TPSA) is 57.9 Å². The first-order chi connectivity index (χ1) is 12.9. The van der Waals surface area contributed by atoms with Gasteiger partial charge in [-0.3, -0.25) is 14.0 Å². The van der Waals surface area contributed by atoms with Crippen molar-refractivity contribution in [3.63, 3.8) is 0 Å². The second-order valence-corrected chi connectivity index (χ2v) is 7.92. The van der Waals surface area contributed by atoms with Gasteiger partial charge in [-0.15, -0.1) is 0 Å². The summed E-state index contributed by atoms with van der Waals surface area (Å²) >= 11 is 0. The highest BCUT2D eigenvalue weighted by molar-refractivity contribution is 5.93. The number of imidazole rings is 1. The number of aromatic nitrogens is 2. The maximum absolute atomic E-state index is 14.8. The molecule has 27 heavy (non-hydrogen) atoms. The van der Waals surface area contributed by atoms with E-state index in [-0.39, 0.29) is 22.9 Å². The summed E-state index contributed by atoms with van der Waals surface area (Å²) in [7, 11) is 0. The average Bonchev–Trinajstić information content (AvgIpc) is 2.99. The van der Waals surface area contributed by atoms with E-state index in [0.29, 0.717) is 38.2 Å². The molecule has 2 fully saturated rings. The Hall–Kier alpha value is -2.44. The minimum Gasteiger partial charge on any atom is -0.342 e. The number of rotatable bonds is 2. The van der Waals surface area contributed by atoms with Crippen molar-refractivity contribution in [2.45, 2.75) is 39.5 Å². The SMILES string of the molecule is CCN1CC2(CCCN(C(=O)c3nc4ccc(C)cn4c3F)C2)CCC1=O. The number of carbonyl (C=O) groups is 2. The maximum atomic E-state index is 14.8. The molecular formula is C20H25FN4O2. The van der Waals surface area contributed by atoms with E-state index in [9.17, 15) is 14.0 Å². The molecule has 2 aromatic heterocycles. The van der Waals surface area contributed by atoms with Crippen LogP contribution in [0.4, 0.5) is 4.39 Å². The van der Waals surface area contributed by atoms with Crippen molar-refractivity contribution in [3.05, 3.63) is 35.5 Å². The lowest BCUT2D eigenvalue weighted by atomic mass is 9.73. The van der Waals surface area contributed by atoms with Crippen molar-refractivity contribution in [2.24, 2.45) is 5.41 Å². The summed E-state index contributed by atoms with van der Waals surface area (Å²) in [5.41, 5.74) is 1.15. The van der Waals surface area contributed by atoms with Crippen LogP contribution in [0.5, 0.6) is 0 Å². The molecule has 1 unspecified atom stereocenters. The third kappa shape index (κ3) is 3.09. The number of carbonyl (C=O) groups excluding carboxylic acids is 2. The third-order valence-electron chi connectivity index (χ3n) is 5.99. The van der Waals surface area contributed by atoms with Crippen molar-refractivity contribution < 1.29 is 14.0 Å². The summed E-state index contributed by atoms with van der Waals surface area (Å²) < 4.78 is 16.1. The molecule has 4 rings (SSSR count). The van der Waals surface area contributed by atoms with Crippen LogP contribution in [0, 0.1) is 18.3 Å². The molecule has 144 valence electrons. The van der Waals surface area contributed by atoms with Gasteiger partial charge in [-0.1, -0.05) is 6.07 Å². The van der Waals surface area contributed by atoms with E-state index in [1.54, 1.807) is 17.2 Å². The van der Waals surface area contributed by atoms with Crippen LogP contribution in [0.3, 0.4) is 0 Å². The number of aryl methyl sites for hydroxylation is 1. The van der Waals surface area contributed by atoms with Crippen LogP contribution in [0.1, 0.15) is 48.7 Å². The molecule has 6 nitrogen and oxygen atoms in total. The molecule has 0 radical (unpaired) electrons. The summed E-state index contributed by atoms with van der Waals surface area (Å²) in [6.45, 7) is 6.39. The molecule has 4 heterocycles. The number of amides is 2. The summed E-state index contributed by atoms with van der Waals surface area (Å²) in [6.07, 6.45) is 4.83. The Labute approximate surface area is 158 Å². The van der Waals surface area contributed by atoms with Crippen molar-refractivity contribution in [3.8, 4) is 0 Å². The predicted octanol–water partition coefficient (Wildman–Crippen LogP) is 2.65. The first-order valence-corrected chi connectivity index (χ1v) is 9.64. The second kappa shape index (κ2) is 6.62. The second-order valence-electron chi connectivity index (χ2n) is 7.92. The van der Waals surface area contributed by atoms with E-state index in [1.807, 2.05) is 24.8 Å². The fourth-order valence-electron chi connectivity index (χ4n) is 4.51. The van der Waals surface area contributed by atoms with E-state index in [4.69, 9.17) is 0 Å². The zero-order chi connectivity index (χ0) is 19.2. The minimum atomic E-state index is -0.604. The fraction of sp³-hybridized carbons (Fsp3) is 0.550. The van der Waals surface area contributed by atoms with Crippen molar-refractivity contribution in [1.82, 2.24) is 19.2 Å². The highest BCUT2D eigenvalue weighted by Gasteiger charge is 2.43. The number of halogens is 1. The Balaban J connectivity index is 1.59. The fourth-order valence-corrected chi connectivity index (χ4v) is 4.51. The highest BCUT2D eigenvalue weighted by atomic mass is 19.1. The van der Waals surface area contributed by atoms with Crippen LogP contribution < -0.4 is 0 Å². The van der Waals surface area contributed by atoms with Crippen molar-refractivity contribution >= 4 is 17.5 Å². The van der Waals surface area contributed by atoms with E-state index < -0.39 is 5.95 Å². The van der Waals surface area contributed by atoms with Gasteiger partial charge in [0.15, 0.2) is 5.69 Å². The molecule has 2 aromatic rings. The van der Waals surface area contributed by atoms with Gasteiger partial charge in [0.05, 0.1) is 0 Å². The molecule has 0 aliphatic carbocycles. The van der Waals surface area contributed by atoms with Crippen LogP contribution >= 0.6 is 0 Å². The first kappa shape index (κ1) is 17.9. The van der Waals surface area contributed by atoms with Gasteiger partial charge in [-0.25, -0.2) is 4.98 Å². The smallest absolute Gasteiger partial charge is 0.277 e. The molecule has 7 heteroatoms. The number of hydrogen-bond donors (Lipinski definition) is 0. The molecule has 0 N–H and O–H groups in total. The summed E-state index contributed by atoms with van der Waals surface area (Å²) in [6, 6.07) is 3.57. The lowest BCUT2D eigenvalue weighted by molar-refractivity contribution is -0.138. The van der Waals surface area contributed by atoms with Crippen LogP contribution in [-0.2, 0) is 4.79 Å². The molecule has 1 spiro atoms. The first-order valence-electron chi connectivity index (χ1n) is 9.64. The molecule has 0 saturated carbocycles. The molecule has 1 atom stereocenters. The Kier molecular flexibility index (Phi) is 4.40. The highest BCUT2D eigenvalue weighted by Crippen LogP contribution is 2.39. The monoisotopic (exact) mass is 372 g/mol. The summed E-state index contributed by atoms with van der Waals surface area (Å²) in [5.74, 6) is -0.770. The van der Waals surface area contributed by atoms with Crippen molar-refractivity contribution in [2.75, 3.05) is 26.2 Å². The Morgan fingerprint density at radius 2 is 2.11 bits per heavy atom. The standard InChI is InChI=1S/C20H25FN4O2/c1-3-23-12-20(9-7-16(23)26)8-4-10-24(13-20)19(27)17-18(21)25-11-14(2)5-6-15(25)22-17/h5-6,11H,3-4,7-10,12-13H2,1-2H3. The van der Waals surface area contributed by atoms with Crippen LogP contribution in [0.15, 0.2) is 18.3 Å². The lowest BCUT2D eigenvalue weighted by Crippen LogP contribution is -2.55.